The third-order valence-electron chi connectivity index (χ3n) is 3.98. The van der Waals surface area contributed by atoms with Crippen LogP contribution in [-0.4, -0.2) is 11.7 Å². The first-order valence-electron chi connectivity index (χ1n) is 7.40. The molecule has 0 spiro atoms. The van der Waals surface area contributed by atoms with Crippen LogP contribution in [0.25, 0.3) is 0 Å². The van der Waals surface area contributed by atoms with Crippen molar-refractivity contribution in [1.29, 1.82) is 0 Å². The maximum atomic E-state index is 10.4. The molecule has 23 heavy (non-hydrogen) atoms. The first-order chi connectivity index (χ1) is 11.3. The van der Waals surface area contributed by atoms with Gasteiger partial charge >= 0.3 is 0 Å². The van der Waals surface area contributed by atoms with Gasteiger partial charge in [0.15, 0.2) is 0 Å². The highest BCUT2D eigenvalue weighted by Crippen LogP contribution is 2.49. The summed E-state index contributed by atoms with van der Waals surface area (Å²) in [7, 11) is 1.65. The number of rotatable bonds is 5. The van der Waals surface area contributed by atoms with Gasteiger partial charge in [0.1, 0.15) is 10.5 Å². The van der Waals surface area contributed by atoms with Crippen molar-refractivity contribution in [2.75, 3.05) is 7.11 Å². The average molecular weight is 322 g/mol. The molecular weight excluding hydrogens is 304 g/mol. The maximum absolute atomic E-state index is 10.4. The fourth-order valence-electron chi connectivity index (χ4n) is 2.91. The van der Waals surface area contributed by atoms with Crippen molar-refractivity contribution >= 4 is 12.0 Å². The van der Waals surface area contributed by atoms with Crippen LogP contribution in [-0.2, 0) is 4.75 Å². The minimum atomic E-state index is -0.741. The molecule has 0 aliphatic heterocycles. The molecular formula is C20H18O2S. The van der Waals surface area contributed by atoms with Crippen LogP contribution >= 0.6 is 12.0 Å². The third kappa shape index (κ3) is 2.74. The summed E-state index contributed by atoms with van der Waals surface area (Å²) in [6.45, 7) is 0. The van der Waals surface area contributed by atoms with Gasteiger partial charge in [0.25, 0.3) is 0 Å². The van der Waals surface area contributed by atoms with Gasteiger partial charge < -0.3 is 9.29 Å². The molecule has 0 saturated heterocycles. The monoisotopic (exact) mass is 322 g/mol. The SMILES string of the molecule is COc1ccccc1C(SO)(c1ccccc1)c1ccccc1. The van der Waals surface area contributed by atoms with Crippen molar-refractivity contribution < 1.29 is 9.29 Å². The van der Waals surface area contributed by atoms with Gasteiger partial charge in [0, 0.05) is 17.6 Å². The summed E-state index contributed by atoms with van der Waals surface area (Å²) in [5, 5.41) is 0. The van der Waals surface area contributed by atoms with Gasteiger partial charge in [-0.3, -0.25) is 0 Å². The predicted octanol–water partition coefficient (Wildman–Crippen LogP) is 5.19. The van der Waals surface area contributed by atoms with E-state index in [-0.39, 0.29) is 0 Å². The Bertz CT molecular complexity index is 717. The predicted molar refractivity (Wildman–Crippen MR) is 96.0 cm³/mol. The number of benzene rings is 3. The smallest absolute Gasteiger partial charge is 0.124 e. The molecule has 116 valence electrons. The molecule has 0 fully saturated rings. The summed E-state index contributed by atoms with van der Waals surface area (Å²) in [5.41, 5.74) is 2.93. The molecule has 3 rings (SSSR count). The summed E-state index contributed by atoms with van der Waals surface area (Å²) in [6.07, 6.45) is 0. The van der Waals surface area contributed by atoms with E-state index in [4.69, 9.17) is 4.74 Å². The third-order valence-corrected chi connectivity index (χ3v) is 4.95. The van der Waals surface area contributed by atoms with Gasteiger partial charge in [-0.25, -0.2) is 0 Å². The Balaban J connectivity index is 2.34. The van der Waals surface area contributed by atoms with Crippen LogP contribution in [0.5, 0.6) is 5.75 Å². The van der Waals surface area contributed by atoms with Crippen molar-refractivity contribution in [1.82, 2.24) is 0 Å². The molecule has 1 N–H and O–H groups in total. The minimum Gasteiger partial charge on any atom is -0.496 e. The summed E-state index contributed by atoms with van der Waals surface area (Å²) in [6, 6.07) is 27.8. The minimum absolute atomic E-state index is 0.741. The lowest BCUT2D eigenvalue weighted by atomic mass is 9.83. The van der Waals surface area contributed by atoms with Crippen molar-refractivity contribution in [3.63, 3.8) is 0 Å². The molecule has 3 aromatic carbocycles. The molecule has 0 aliphatic rings. The van der Waals surface area contributed by atoms with Crippen molar-refractivity contribution in [2.45, 2.75) is 4.75 Å². The van der Waals surface area contributed by atoms with Gasteiger partial charge in [-0.05, 0) is 17.2 Å². The Labute approximate surface area is 141 Å². The molecule has 0 aliphatic carbocycles. The highest BCUT2D eigenvalue weighted by atomic mass is 32.2. The van der Waals surface area contributed by atoms with Gasteiger partial charge in [0.2, 0.25) is 0 Å². The fraction of sp³-hybridized carbons (Fsp3) is 0.100. The summed E-state index contributed by atoms with van der Waals surface area (Å²) >= 11 is 0.826. The normalized spacial score (nSPS) is 11.2. The molecule has 0 aromatic heterocycles. The number of hydrogen-bond acceptors (Lipinski definition) is 3. The zero-order chi connectivity index (χ0) is 16.1. The van der Waals surface area contributed by atoms with Crippen molar-refractivity contribution in [3.05, 3.63) is 102 Å². The largest absolute Gasteiger partial charge is 0.496 e. The molecule has 2 nitrogen and oxygen atoms in total. The second-order valence-electron chi connectivity index (χ2n) is 5.20. The van der Waals surface area contributed by atoms with E-state index in [1.807, 2.05) is 84.9 Å². The van der Waals surface area contributed by atoms with Crippen LogP contribution in [0.2, 0.25) is 0 Å². The van der Waals surface area contributed by atoms with E-state index in [0.717, 1.165) is 34.5 Å². The quantitative estimate of drug-likeness (QED) is 0.517. The highest BCUT2D eigenvalue weighted by molar-refractivity contribution is 7.95. The Morgan fingerprint density at radius 3 is 1.70 bits per heavy atom. The van der Waals surface area contributed by atoms with Gasteiger partial charge in [-0.2, -0.15) is 0 Å². The van der Waals surface area contributed by atoms with Crippen LogP contribution in [0.3, 0.4) is 0 Å². The molecule has 0 heterocycles. The molecule has 3 aromatic rings. The van der Waals surface area contributed by atoms with E-state index in [2.05, 4.69) is 0 Å². The van der Waals surface area contributed by atoms with E-state index >= 15 is 0 Å². The van der Waals surface area contributed by atoms with E-state index < -0.39 is 4.75 Å². The number of ether oxygens (including phenoxy) is 1. The Morgan fingerprint density at radius 2 is 1.22 bits per heavy atom. The molecule has 0 saturated carbocycles. The first kappa shape index (κ1) is 15.7. The van der Waals surface area contributed by atoms with Crippen LogP contribution in [0.4, 0.5) is 0 Å². The van der Waals surface area contributed by atoms with E-state index in [1.165, 1.54) is 0 Å². The molecule has 0 amide bonds. The van der Waals surface area contributed by atoms with Gasteiger partial charge in [-0.1, -0.05) is 78.9 Å². The van der Waals surface area contributed by atoms with Crippen LogP contribution in [0.15, 0.2) is 84.9 Å². The summed E-state index contributed by atoms with van der Waals surface area (Å²) < 4.78 is 15.2. The summed E-state index contributed by atoms with van der Waals surface area (Å²) in [5.74, 6) is 0.752. The number of hydrogen-bond donors (Lipinski definition) is 1. The standard InChI is InChI=1S/C20H18O2S/c1-22-19-15-9-8-14-18(19)20(23-21,16-10-4-2-5-11-16)17-12-6-3-7-13-17/h2-15,21H,1H3. The van der Waals surface area contributed by atoms with E-state index in [9.17, 15) is 4.55 Å². The van der Waals surface area contributed by atoms with Crippen LogP contribution < -0.4 is 4.74 Å². The Morgan fingerprint density at radius 1 is 0.739 bits per heavy atom. The molecule has 0 bridgehead atoms. The lowest BCUT2D eigenvalue weighted by Crippen LogP contribution is -2.26. The van der Waals surface area contributed by atoms with Crippen LogP contribution in [0.1, 0.15) is 16.7 Å². The Hall–Kier alpha value is -2.23. The van der Waals surface area contributed by atoms with Crippen LogP contribution in [0, 0.1) is 0 Å². The average Bonchev–Trinajstić information content (AvgIpc) is 2.65. The second kappa shape index (κ2) is 6.90. The number of methoxy groups -OCH3 is 1. The molecule has 3 heteroatoms. The molecule has 0 atom stereocenters. The van der Waals surface area contributed by atoms with Gasteiger partial charge in [-0.15, -0.1) is 0 Å². The van der Waals surface area contributed by atoms with E-state index in [1.54, 1.807) is 7.11 Å². The zero-order valence-corrected chi connectivity index (χ0v) is 13.7. The lowest BCUT2D eigenvalue weighted by molar-refractivity contribution is 0.407. The highest BCUT2D eigenvalue weighted by Gasteiger charge is 2.39. The maximum Gasteiger partial charge on any atom is 0.124 e. The Kier molecular flexibility index (Phi) is 4.70. The summed E-state index contributed by atoms with van der Waals surface area (Å²) in [4.78, 5) is 0. The topological polar surface area (TPSA) is 29.5 Å². The molecule has 0 unspecified atom stereocenters. The fourth-order valence-corrected chi connectivity index (χ4v) is 3.66. The zero-order valence-electron chi connectivity index (χ0n) is 12.8. The first-order valence-corrected chi connectivity index (χ1v) is 8.17. The van der Waals surface area contributed by atoms with E-state index in [0.29, 0.717) is 0 Å². The number of para-hydroxylation sites is 1. The lowest BCUT2D eigenvalue weighted by Gasteiger charge is -2.33. The second-order valence-corrected chi connectivity index (χ2v) is 6.00. The van der Waals surface area contributed by atoms with Crippen molar-refractivity contribution in [3.8, 4) is 5.75 Å². The van der Waals surface area contributed by atoms with Crippen molar-refractivity contribution in [2.24, 2.45) is 0 Å². The molecule has 0 radical (unpaired) electrons. The van der Waals surface area contributed by atoms with Gasteiger partial charge in [0.05, 0.1) is 7.11 Å².